The van der Waals surface area contributed by atoms with Gasteiger partial charge in [0.15, 0.2) is 0 Å². The Bertz CT molecular complexity index is 528. The second kappa shape index (κ2) is 8.07. The van der Waals surface area contributed by atoms with Crippen LogP contribution in [0, 0.1) is 0 Å². The Labute approximate surface area is 136 Å². The monoisotopic (exact) mass is 331 g/mol. The lowest BCUT2D eigenvalue weighted by atomic mass is 10.2. The van der Waals surface area contributed by atoms with Gasteiger partial charge in [-0.15, -0.1) is 12.4 Å². The standard InChI is InChI=1S/C13H18N5O.2ClH/c14-13-11-19-15-18(13)17-8-6-16(7-9-17)10-12-4-2-1-3-5-12;;/h1-5,11H,6-10,14H2;2*1H/q+1;;/p-1. The van der Waals surface area contributed by atoms with Crippen LogP contribution in [0.2, 0.25) is 0 Å². The van der Waals surface area contributed by atoms with Crippen LogP contribution >= 0.6 is 12.4 Å². The van der Waals surface area contributed by atoms with Gasteiger partial charge in [-0.25, -0.2) is 5.01 Å². The fourth-order valence-corrected chi connectivity index (χ4v) is 2.36. The van der Waals surface area contributed by atoms with Crippen LogP contribution in [-0.2, 0) is 6.54 Å². The van der Waals surface area contributed by atoms with Crippen molar-refractivity contribution in [3.05, 3.63) is 42.2 Å². The number of nitrogen functional groups attached to an aromatic ring is 1. The van der Waals surface area contributed by atoms with E-state index < -0.39 is 0 Å². The fourth-order valence-electron chi connectivity index (χ4n) is 2.36. The largest absolute Gasteiger partial charge is 1.00 e. The second-order valence-electron chi connectivity index (χ2n) is 4.73. The summed E-state index contributed by atoms with van der Waals surface area (Å²) in [4.78, 5) is 4.07. The summed E-state index contributed by atoms with van der Waals surface area (Å²) < 4.78 is 4.85. The molecule has 1 aliphatic heterocycles. The lowest BCUT2D eigenvalue weighted by Gasteiger charge is -2.32. The minimum absolute atomic E-state index is 0. The summed E-state index contributed by atoms with van der Waals surface area (Å²) in [5, 5.41) is 5.97. The van der Waals surface area contributed by atoms with Gasteiger partial charge in [0, 0.05) is 24.4 Å². The van der Waals surface area contributed by atoms with Crippen molar-refractivity contribution in [1.82, 2.24) is 10.2 Å². The van der Waals surface area contributed by atoms with Gasteiger partial charge in [-0.2, -0.15) is 0 Å². The van der Waals surface area contributed by atoms with Gasteiger partial charge in [-0.3, -0.25) is 10.6 Å². The molecule has 0 atom stereocenters. The summed E-state index contributed by atoms with van der Waals surface area (Å²) in [5.41, 5.74) is 7.13. The van der Waals surface area contributed by atoms with E-state index in [0.717, 1.165) is 32.7 Å². The average molecular weight is 332 g/mol. The molecule has 8 heteroatoms. The van der Waals surface area contributed by atoms with Gasteiger partial charge in [0.1, 0.15) is 5.27 Å². The highest BCUT2D eigenvalue weighted by atomic mass is 35.5. The van der Waals surface area contributed by atoms with E-state index in [1.807, 2.05) is 6.07 Å². The molecule has 0 unspecified atom stereocenters. The van der Waals surface area contributed by atoms with Crippen LogP contribution in [0.4, 0.5) is 5.82 Å². The van der Waals surface area contributed by atoms with Crippen LogP contribution in [0.1, 0.15) is 5.56 Å². The molecule has 1 aliphatic rings. The van der Waals surface area contributed by atoms with Crippen molar-refractivity contribution in [2.24, 2.45) is 0 Å². The number of anilines is 1. The summed E-state index contributed by atoms with van der Waals surface area (Å²) in [6.07, 6.45) is 1.45. The summed E-state index contributed by atoms with van der Waals surface area (Å²) >= 11 is 0. The zero-order valence-corrected chi connectivity index (χ0v) is 13.1. The van der Waals surface area contributed by atoms with Gasteiger partial charge in [-0.1, -0.05) is 30.3 Å². The third-order valence-corrected chi connectivity index (χ3v) is 3.39. The molecule has 1 fully saturated rings. The van der Waals surface area contributed by atoms with Crippen molar-refractivity contribution in [3.8, 4) is 0 Å². The molecule has 0 amide bonds. The van der Waals surface area contributed by atoms with Crippen molar-refractivity contribution in [3.63, 3.8) is 0 Å². The Morgan fingerprint density at radius 1 is 1.14 bits per heavy atom. The molecule has 21 heavy (non-hydrogen) atoms. The minimum atomic E-state index is 0. The quantitative estimate of drug-likeness (QED) is 0.626. The Morgan fingerprint density at radius 3 is 2.38 bits per heavy atom. The van der Waals surface area contributed by atoms with Crippen LogP contribution < -0.4 is 27.9 Å². The van der Waals surface area contributed by atoms with E-state index in [9.17, 15) is 0 Å². The molecule has 1 saturated heterocycles. The molecule has 1 aromatic heterocycles. The zero-order chi connectivity index (χ0) is 13.1. The number of nitrogens with two attached hydrogens (primary N) is 1. The number of hydrogen-bond acceptors (Lipinski definition) is 5. The third-order valence-electron chi connectivity index (χ3n) is 3.39. The molecule has 2 heterocycles. The fraction of sp³-hybridized carbons (Fsp3) is 0.385. The van der Waals surface area contributed by atoms with E-state index in [1.54, 1.807) is 4.79 Å². The maximum atomic E-state index is 5.78. The number of rotatable bonds is 3. The van der Waals surface area contributed by atoms with Crippen LogP contribution in [0.5, 0.6) is 0 Å². The Morgan fingerprint density at radius 2 is 1.81 bits per heavy atom. The van der Waals surface area contributed by atoms with E-state index in [2.05, 4.69) is 39.4 Å². The lowest BCUT2D eigenvalue weighted by Crippen LogP contribution is -3.00. The molecule has 0 aliphatic carbocycles. The van der Waals surface area contributed by atoms with Gasteiger partial charge >= 0.3 is 5.82 Å². The smallest absolute Gasteiger partial charge is 0.360 e. The van der Waals surface area contributed by atoms with E-state index in [0.29, 0.717) is 5.82 Å². The molecule has 2 aromatic rings. The van der Waals surface area contributed by atoms with Crippen LogP contribution in [0.15, 0.2) is 41.1 Å². The molecule has 1 aromatic carbocycles. The highest BCUT2D eigenvalue weighted by Gasteiger charge is 2.24. The van der Waals surface area contributed by atoms with Gasteiger partial charge in [0.05, 0.1) is 13.1 Å². The number of benzene rings is 1. The highest BCUT2D eigenvalue weighted by molar-refractivity contribution is 5.85. The van der Waals surface area contributed by atoms with Crippen LogP contribution in [0.3, 0.4) is 0 Å². The zero-order valence-electron chi connectivity index (χ0n) is 11.6. The third kappa shape index (κ3) is 4.23. The Balaban J connectivity index is 0.00000110. The van der Waals surface area contributed by atoms with Crippen molar-refractivity contribution >= 4 is 18.2 Å². The predicted octanol–water partition coefficient (Wildman–Crippen LogP) is -2.58. The maximum absolute atomic E-state index is 5.78. The number of aromatic nitrogens is 2. The van der Waals surface area contributed by atoms with Crippen molar-refractivity contribution in [2.45, 2.75) is 6.54 Å². The van der Waals surface area contributed by atoms with E-state index >= 15 is 0 Å². The second-order valence-corrected chi connectivity index (χ2v) is 4.73. The maximum Gasteiger partial charge on any atom is 0.360 e. The van der Waals surface area contributed by atoms with Gasteiger partial charge in [0.25, 0.3) is 0 Å². The molecule has 3 rings (SSSR count). The lowest BCUT2D eigenvalue weighted by molar-refractivity contribution is -0.746. The van der Waals surface area contributed by atoms with E-state index in [-0.39, 0.29) is 24.8 Å². The first-order valence-corrected chi connectivity index (χ1v) is 6.46. The number of nitrogens with zero attached hydrogens (tertiary/aromatic N) is 4. The minimum Gasteiger partial charge on any atom is -1.00 e. The van der Waals surface area contributed by atoms with Crippen molar-refractivity contribution < 1.29 is 21.7 Å². The summed E-state index contributed by atoms with van der Waals surface area (Å²) in [6.45, 7) is 4.78. The first kappa shape index (κ1) is 17.6. The highest BCUT2D eigenvalue weighted by Crippen LogP contribution is 2.06. The molecule has 0 spiro atoms. The molecule has 6 nitrogen and oxygen atoms in total. The average Bonchev–Trinajstić information content (AvgIpc) is 2.87. The molecule has 0 radical (unpaired) electrons. The molecule has 116 valence electrons. The first-order chi connectivity index (χ1) is 9.33. The van der Waals surface area contributed by atoms with E-state index in [1.165, 1.54) is 11.8 Å². The van der Waals surface area contributed by atoms with E-state index in [4.69, 9.17) is 10.3 Å². The van der Waals surface area contributed by atoms with Crippen molar-refractivity contribution in [2.75, 3.05) is 36.9 Å². The molecular weight excluding hydrogens is 313 g/mol. The van der Waals surface area contributed by atoms with Crippen LogP contribution in [0.25, 0.3) is 0 Å². The summed E-state index contributed by atoms with van der Waals surface area (Å²) in [5.74, 6) is 0.538. The SMILES string of the molecule is Cl.Nc1con[n+]1N1CCN(Cc2ccccc2)CC1.[Cl-]. The summed E-state index contributed by atoms with van der Waals surface area (Å²) in [7, 11) is 0. The van der Waals surface area contributed by atoms with Gasteiger partial charge < -0.3 is 16.9 Å². The molecule has 0 saturated carbocycles. The first-order valence-electron chi connectivity index (χ1n) is 6.46. The normalized spacial score (nSPS) is 15.1. The Hall–Kier alpha value is -1.50. The number of halogens is 2. The summed E-state index contributed by atoms with van der Waals surface area (Å²) in [6, 6.07) is 10.5. The number of piperazine rings is 1. The molecule has 2 N–H and O–H groups in total. The van der Waals surface area contributed by atoms with Crippen LogP contribution in [-0.4, -0.2) is 36.4 Å². The molecule has 0 bridgehead atoms. The van der Waals surface area contributed by atoms with Gasteiger partial charge in [-0.05, 0) is 5.56 Å². The Kier molecular flexibility index (Phi) is 6.74. The number of hydrogen-bond donors (Lipinski definition) is 1. The topological polar surface area (TPSA) is 62.4 Å². The molecular formula is C13H19Cl2N5O. The predicted molar refractivity (Wildman–Crippen MR) is 78.0 cm³/mol. The van der Waals surface area contributed by atoms with Crippen molar-refractivity contribution in [1.29, 1.82) is 0 Å². The van der Waals surface area contributed by atoms with Gasteiger partial charge in [0.2, 0.25) is 6.26 Å².